The summed E-state index contributed by atoms with van der Waals surface area (Å²) in [7, 11) is 0. The summed E-state index contributed by atoms with van der Waals surface area (Å²) >= 11 is 0. The molecule has 2 amide bonds. The average Bonchev–Trinajstić information content (AvgIpc) is 2.84. The molecule has 5 heteroatoms. The van der Waals surface area contributed by atoms with Crippen LogP contribution in [0.3, 0.4) is 0 Å². The molecule has 1 aliphatic rings. The van der Waals surface area contributed by atoms with Crippen molar-refractivity contribution in [3.63, 3.8) is 0 Å². The highest BCUT2D eigenvalue weighted by molar-refractivity contribution is 6.01. The number of carbonyl (C=O) groups excluding carboxylic acids is 2. The van der Waals surface area contributed by atoms with Crippen molar-refractivity contribution in [1.82, 2.24) is 10.2 Å². The Morgan fingerprint density at radius 1 is 1.36 bits per heavy atom. The lowest BCUT2D eigenvalue weighted by Gasteiger charge is -2.32. The molecule has 2 rings (SSSR count). The van der Waals surface area contributed by atoms with Gasteiger partial charge in [-0.2, -0.15) is 0 Å². The van der Waals surface area contributed by atoms with E-state index in [2.05, 4.69) is 5.32 Å². The Labute approximate surface area is 131 Å². The van der Waals surface area contributed by atoms with Crippen LogP contribution in [0.15, 0.2) is 24.3 Å². The van der Waals surface area contributed by atoms with Gasteiger partial charge < -0.3 is 15.3 Å². The number of fused-ring (bicyclic) bond motifs is 1. The number of nitrogens with one attached hydrogen (secondary N) is 1. The predicted octanol–water partition coefficient (Wildman–Crippen LogP) is 1.55. The first kappa shape index (κ1) is 16.5. The fourth-order valence-electron chi connectivity index (χ4n) is 2.81. The number of benzene rings is 1. The lowest BCUT2D eigenvalue weighted by atomic mass is 9.96. The highest BCUT2D eigenvalue weighted by Crippen LogP contribution is 2.28. The third kappa shape index (κ3) is 3.14. The highest BCUT2D eigenvalue weighted by Gasteiger charge is 2.38. The average molecular weight is 304 g/mol. The first-order valence-corrected chi connectivity index (χ1v) is 7.79. The summed E-state index contributed by atoms with van der Waals surface area (Å²) in [5.74, 6) is -0.242. The van der Waals surface area contributed by atoms with Crippen molar-refractivity contribution in [2.75, 3.05) is 6.61 Å². The molecule has 1 aromatic carbocycles. The van der Waals surface area contributed by atoms with Crippen molar-refractivity contribution in [3.05, 3.63) is 35.4 Å². The van der Waals surface area contributed by atoms with Gasteiger partial charge in [-0.1, -0.05) is 38.5 Å². The maximum absolute atomic E-state index is 12.6. The van der Waals surface area contributed by atoms with Gasteiger partial charge in [0.1, 0.15) is 6.04 Å². The largest absolute Gasteiger partial charge is 0.394 e. The maximum Gasteiger partial charge on any atom is 0.255 e. The topological polar surface area (TPSA) is 69.6 Å². The molecule has 0 saturated heterocycles. The van der Waals surface area contributed by atoms with Crippen LogP contribution in [0.4, 0.5) is 0 Å². The van der Waals surface area contributed by atoms with Crippen LogP contribution in [-0.2, 0) is 11.3 Å². The van der Waals surface area contributed by atoms with Crippen LogP contribution in [0.2, 0.25) is 0 Å². The summed E-state index contributed by atoms with van der Waals surface area (Å²) in [5.41, 5.74) is 1.64. The van der Waals surface area contributed by atoms with Gasteiger partial charge in [-0.25, -0.2) is 0 Å². The summed E-state index contributed by atoms with van der Waals surface area (Å²) in [6.07, 6.45) is 0.797. The molecular formula is C17H24N2O3. The van der Waals surface area contributed by atoms with E-state index in [0.29, 0.717) is 12.1 Å². The van der Waals surface area contributed by atoms with Crippen LogP contribution in [0.25, 0.3) is 0 Å². The van der Waals surface area contributed by atoms with Crippen molar-refractivity contribution in [1.29, 1.82) is 0 Å². The van der Waals surface area contributed by atoms with E-state index in [-0.39, 0.29) is 30.4 Å². The number of nitrogens with zero attached hydrogens (tertiary/aromatic N) is 1. The molecule has 5 nitrogen and oxygen atoms in total. The fraction of sp³-hybridized carbons (Fsp3) is 0.529. The van der Waals surface area contributed by atoms with Crippen LogP contribution in [0.1, 0.15) is 43.1 Å². The molecule has 0 saturated carbocycles. The van der Waals surface area contributed by atoms with Crippen molar-refractivity contribution in [2.45, 2.75) is 45.8 Å². The molecule has 0 aromatic heterocycles. The Balaban J connectivity index is 2.24. The predicted molar refractivity (Wildman–Crippen MR) is 84.2 cm³/mol. The quantitative estimate of drug-likeness (QED) is 0.838. The van der Waals surface area contributed by atoms with Gasteiger partial charge in [-0.3, -0.25) is 9.59 Å². The van der Waals surface area contributed by atoms with Crippen LogP contribution in [-0.4, -0.2) is 40.5 Å². The molecule has 0 unspecified atom stereocenters. The van der Waals surface area contributed by atoms with Gasteiger partial charge in [0, 0.05) is 18.2 Å². The highest BCUT2D eigenvalue weighted by atomic mass is 16.3. The van der Waals surface area contributed by atoms with Crippen molar-refractivity contribution in [3.8, 4) is 0 Å². The number of aliphatic hydroxyl groups is 1. The van der Waals surface area contributed by atoms with Gasteiger partial charge in [-0.05, 0) is 24.5 Å². The molecule has 3 atom stereocenters. The minimum absolute atomic E-state index is 0.0455. The Morgan fingerprint density at radius 3 is 2.64 bits per heavy atom. The van der Waals surface area contributed by atoms with E-state index in [1.165, 1.54) is 0 Å². The first-order chi connectivity index (χ1) is 10.5. The van der Waals surface area contributed by atoms with Crippen molar-refractivity contribution < 1.29 is 14.7 Å². The van der Waals surface area contributed by atoms with E-state index in [1.807, 2.05) is 32.0 Å². The summed E-state index contributed by atoms with van der Waals surface area (Å²) in [4.78, 5) is 26.8. The minimum atomic E-state index is -0.515. The minimum Gasteiger partial charge on any atom is -0.394 e. The van der Waals surface area contributed by atoms with Gasteiger partial charge in [0.25, 0.3) is 5.91 Å². The van der Waals surface area contributed by atoms with Crippen LogP contribution in [0.5, 0.6) is 0 Å². The third-order valence-corrected chi connectivity index (χ3v) is 4.30. The van der Waals surface area contributed by atoms with Crippen molar-refractivity contribution >= 4 is 11.8 Å². The number of rotatable bonds is 6. The molecule has 1 aliphatic heterocycles. The van der Waals surface area contributed by atoms with E-state index in [9.17, 15) is 9.59 Å². The number of carbonyl (C=O) groups is 2. The zero-order chi connectivity index (χ0) is 16.3. The Bertz CT molecular complexity index is 559. The molecule has 0 aliphatic carbocycles. The van der Waals surface area contributed by atoms with Crippen molar-refractivity contribution in [2.24, 2.45) is 5.92 Å². The fourth-order valence-corrected chi connectivity index (χ4v) is 2.81. The molecule has 1 aromatic rings. The maximum atomic E-state index is 12.6. The van der Waals surface area contributed by atoms with Crippen LogP contribution < -0.4 is 5.32 Å². The zero-order valence-corrected chi connectivity index (χ0v) is 13.4. The standard InChI is InChI=1S/C17H24N2O3/c1-4-11(2)15(16(21)18-12(3)10-20)19-9-13-7-5-6-8-14(13)17(19)22/h5-8,11-12,15,20H,4,9-10H2,1-3H3,(H,18,21)/t11-,12-,15-/m0/s1. The normalized spacial score (nSPS) is 17.8. The van der Waals surface area contributed by atoms with E-state index in [1.54, 1.807) is 17.9 Å². The van der Waals surface area contributed by atoms with Gasteiger partial charge in [0.05, 0.1) is 6.61 Å². The second kappa shape index (κ2) is 6.92. The SMILES string of the molecule is CC[C@H](C)[C@@H](C(=O)N[C@@H](C)CO)N1Cc2ccccc2C1=O. The molecule has 0 radical (unpaired) electrons. The van der Waals surface area contributed by atoms with Gasteiger partial charge in [0.2, 0.25) is 5.91 Å². The summed E-state index contributed by atoms with van der Waals surface area (Å²) < 4.78 is 0. The molecule has 120 valence electrons. The third-order valence-electron chi connectivity index (χ3n) is 4.30. The second-order valence-electron chi connectivity index (χ2n) is 6.01. The van der Waals surface area contributed by atoms with E-state index >= 15 is 0 Å². The molecule has 0 fully saturated rings. The Morgan fingerprint density at radius 2 is 2.05 bits per heavy atom. The number of aliphatic hydroxyl groups excluding tert-OH is 1. The molecule has 1 heterocycles. The lowest BCUT2D eigenvalue weighted by molar-refractivity contribution is -0.128. The summed E-state index contributed by atoms with van der Waals surface area (Å²) in [5, 5.41) is 11.9. The summed E-state index contributed by atoms with van der Waals surface area (Å²) in [6, 6.07) is 6.64. The van der Waals surface area contributed by atoms with E-state index < -0.39 is 6.04 Å². The Kier molecular flexibility index (Phi) is 5.19. The smallest absolute Gasteiger partial charge is 0.255 e. The number of hydrogen-bond acceptors (Lipinski definition) is 3. The molecular weight excluding hydrogens is 280 g/mol. The van der Waals surface area contributed by atoms with E-state index in [0.717, 1.165) is 12.0 Å². The van der Waals surface area contributed by atoms with Gasteiger partial charge in [0.15, 0.2) is 0 Å². The molecule has 0 spiro atoms. The van der Waals surface area contributed by atoms with Crippen LogP contribution in [0, 0.1) is 5.92 Å². The first-order valence-electron chi connectivity index (χ1n) is 7.79. The lowest BCUT2D eigenvalue weighted by Crippen LogP contribution is -2.52. The molecule has 2 N–H and O–H groups in total. The second-order valence-corrected chi connectivity index (χ2v) is 6.01. The molecule has 22 heavy (non-hydrogen) atoms. The van der Waals surface area contributed by atoms with Crippen LogP contribution >= 0.6 is 0 Å². The number of amides is 2. The Hall–Kier alpha value is -1.88. The summed E-state index contributed by atoms with van der Waals surface area (Å²) in [6.45, 7) is 6.07. The van der Waals surface area contributed by atoms with E-state index in [4.69, 9.17) is 5.11 Å². The van der Waals surface area contributed by atoms with Gasteiger partial charge >= 0.3 is 0 Å². The van der Waals surface area contributed by atoms with Gasteiger partial charge in [-0.15, -0.1) is 0 Å². The monoisotopic (exact) mass is 304 g/mol. The zero-order valence-electron chi connectivity index (χ0n) is 13.4. The number of hydrogen-bond donors (Lipinski definition) is 2. The molecule has 0 bridgehead atoms.